The summed E-state index contributed by atoms with van der Waals surface area (Å²) >= 11 is 0. The lowest BCUT2D eigenvalue weighted by Crippen LogP contribution is -2.30. The number of carbonyl (C=O) groups is 1. The van der Waals surface area contributed by atoms with Crippen molar-refractivity contribution in [2.24, 2.45) is 0 Å². The molecule has 9 heteroatoms. The van der Waals surface area contributed by atoms with Crippen molar-refractivity contribution in [2.45, 2.75) is 11.8 Å². The van der Waals surface area contributed by atoms with Crippen LogP contribution in [0.2, 0.25) is 0 Å². The van der Waals surface area contributed by atoms with Gasteiger partial charge in [0.05, 0.1) is 30.3 Å². The molecule has 0 fully saturated rings. The van der Waals surface area contributed by atoms with E-state index in [-0.39, 0.29) is 17.3 Å². The van der Waals surface area contributed by atoms with Gasteiger partial charge in [-0.15, -0.1) is 0 Å². The second kappa shape index (κ2) is 9.58. The zero-order chi connectivity index (χ0) is 18.2. The number of benzene rings is 1. The number of methoxy groups -OCH3 is 1. The summed E-state index contributed by atoms with van der Waals surface area (Å²) in [7, 11) is 0.876. The third kappa shape index (κ3) is 5.75. The number of carbonyl (C=O) groups excluding carboxylic acids is 1. The minimum atomic E-state index is -3.60. The topological polar surface area (TPSA) is 97.0 Å². The molecule has 0 saturated heterocycles. The van der Waals surface area contributed by atoms with Gasteiger partial charge in [-0.05, 0) is 25.1 Å². The number of nitrogens with zero attached hydrogens (tertiary/aromatic N) is 1. The lowest BCUT2D eigenvalue weighted by molar-refractivity contribution is -0.115. The van der Waals surface area contributed by atoms with Crippen LogP contribution >= 0.6 is 0 Å². The van der Waals surface area contributed by atoms with Gasteiger partial charge in [-0.25, -0.2) is 12.7 Å². The first-order valence-electron chi connectivity index (χ1n) is 7.51. The summed E-state index contributed by atoms with van der Waals surface area (Å²) < 4.78 is 35.9. The first kappa shape index (κ1) is 20.4. The van der Waals surface area contributed by atoms with E-state index in [0.29, 0.717) is 31.2 Å². The van der Waals surface area contributed by atoms with E-state index in [1.54, 1.807) is 7.11 Å². The van der Waals surface area contributed by atoms with E-state index in [0.717, 1.165) is 4.31 Å². The Labute approximate surface area is 143 Å². The van der Waals surface area contributed by atoms with Gasteiger partial charge in [0.25, 0.3) is 0 Å². The van der Waals surface area contributed by atoms with Gasteiger partial charge in [-0.2, -0.15) is 0 Å². The van der Waals surface area contributed by atoms with Crippen molar-refractivity contribution in [3.63, 3.8) is 0 Å². The maximum atomic E-state index is 12.2. The largest absolute Gasteiger partial charge is 0.492 e. The first-order chi connectivity index (χ1) is 11.3. The highest BCUT2D eigenvalue weighted by atomic mass is 32.2. The molecule has 0 saturated carbocycles. The van der Waals surface area contributed by atoms with Crippen molar-refractivity contribution in [1.29, 1.82) is 0 Å². The van der Waals surface area contributed by atoms with E-state index in [9.17, 15) is 13.2 Å². The second-order valence-corrected chi connectivity index (χ2v) is 7.25. The summed E-state index contributed by atoms with van der Waals surface area (Å²) in [6, 6.07) is 4.38. The third-order valence-electron chi connectivity index (χ3n) is 3.07. The molecular formula is C15H25N3O5S. The number of ether oxygens (including phenoxy) is 2. The van der Waals surface area contributed by atoms with E-state index in [2.05, 4.69) is 10.6 Å². The lowest BCUT2D eigenvalue weighted by Gasteiger charge is -2.16. The van der Waals surface area contributed by atoms with Crippen molar-refractivity contribution < 1.29 is 22.7 Å². The highest BCUT2D eigenvalue weighted by Gasteiger charge is 2.19. The highest BCUT2D eigenvalue weighted by molar-refractivity contribution is 7.89. The lowest BCUT2D eigenvalue weighted by atomic mass is 10.3. The summed E-state index contributed by atoms with van der Waals surface area (Å²) in [5.74, 6) is 0.118. The van der Waals surface area contributed by atoms with Crippen LogP contribution in [0.3, 0.4) is 0 Å². The van der Waals surface area contributed by atoms with Crippen molar-refractivity contribution in [3.8, 4) is 5.75 Å². The predicted octanol–water partition coefficient (Wildman–Crippen LogP) is 0.510. The van der Waals surface area contributed by atoms with Crippen molar-refractivity contribution >= 4 is 21.6 Å². The van der Waals surface area contributed by atoms with Gasteiger partial charge in [0.2, 0.25) is 15.9 Å². The molecule has 0 bridgehead atoms. The van der Waals surface area contributed by atoms with Gasteiger partial charge in [-0.1, -0.05) is 0 Å². The zero-order valence-electron chi connectivity index (χ0n) is 14.5. The maximum absolute atomic E-state index is 12.2. The summed E-state index contributed by atoms with van der Waals surface area (Å²) in [5, 5.41) is 5.59. The molecule has 1 aromatic rings. The minimum Gasteiger partial charge on any atom is -0.492 e. The number of rotatable bonds is 10. The molecule has 0 aromatic heterocycles. The van der Waals surface area contributed by atoms with E-state index < -0.39 is 10.0 Å². The molecule has 0 radical (unpaired) electrons. The molecule has 0 unspecified atom stereocenters. The Balaban J connectivity index is 2.95. The molecule has 1 amide bonds. The van der Waals surface area contributed by atoms with Crippen molar-refractivity contribution in [3.05, 3.63) is 18.2 Å². The van der Waals surface area contributed by atoms with Crippen molar-refractivity contribution in [2.75, 3.05) is 52.8 Å². The van der Waals surface area contributed by atoms with Gasteiger partial charge in [0.15, 0.2) is 0 Å². The Morgan fingerprint density at radius 2 is 2.00 bits per heavy atom. The maximum Gasteiger partial charge on any atom is 0.242 e. The number of anilines is 1. The molecule has 1 aromatic carbocycles. The monoisotopic (exact) mass is 359 g/mol. The molecule has 0 aliphatic carbocycles. The van der Waals surface area contributed by atoms with E-state index in [4.69, 9.17) is 9.47 Å². The van der Waals surface area contributed by atoms with E-state index in [1.165, 1.54) is 32.3 Å². The van der Waals surface area contributed by atoms with Crippen LogP contribution < -0.4 is 15.4 Å². The standard InChI is InChI=1S/C15H25N3O5S/c1-5-23-14-7-6-12(24(20,21)18(2)3)10-13(14)17-15(19)11-16-8-9-22-4/h6-7,10,16H,5,8-9,11H2,1-4H3,(H,17,19). The smallest absolute Gasteiger partial charge is 0.242 e. The number of nitrogens with one attached hydrogen (secondary N) is 2. The van der Waals surface area contributed by atoms with Crippen LogP contribution in [-0.4, -0.2) is 66.1 Å². The van der Waals surface area contributed by atoms with Crippen LogP contribution in [-0.2, 0) is 19.6 Å². The van der Waals surface area contributed by atoms with E-state index >= 15 is 0 Å². The van der Waals surface area contributed by atoms with Crippen molar-refractivity contribution in [1.82, 2.24) is 9.62 Å². The Kier molecular flexibility index (Phi) is 8.13. The third-order valence-corrected chi connectivity index (χ3v) is 4.88. The Bertz CT molecular complexity index is 647. The number of amides is 1. The predicted molar refractivity (Wildman–Crippen MR) is 91.9 cm³/mol. The van der Waals surface area contributed by atoms with Crippen LogP contribution in [0.15, 0.2) is 23.1 Å². The van der Waals surface area contributed by atoms with Gasteiger partial charge in [0, 0.05) is 27.7 Å². The van der Waals surface area contributed by atoms with E-state index in [1.807, 2.05) is 6.92 Å². The molecule has 1 rings (SSSR count). The fourth-order valence-electron chi connectivity index (χ4n) is 1.83. The van der Waals surface area contributed by atoms with Crippen LogP contribution in [0.25, 0.3) is 0 Å². The quantitative estimate of drug-likeness (QED) is 0.591. The molecule has 0 aliphatic heterocycles. The first-order valence-corrected chi connectivity index (χ1v) is 8.95. The minimum absolute atomic E-state index is 0.0820. The summed E-state index contributed by atoms with van der Waals surface area (Å²) in [5.41, 5.74) is 0.318. The molecule has 8 nitrogen and oxygen atoms in total. The molecule has 0 atom stereocenters. The molecule has 0 spiro atoms. The molecule has 0 aliphatic rings. The number of hydrogen-bond acceptors (Lipinski definition) is 6. The fourth-order valence-corrected chi connectivity index (χ4v) is 2.76. The second-order valence-electron chi connectivity index (χ2n) is 5.10. The average molecular weight is 359 g/mol. The SMILES string of the molecule is CCOc1ccc(S(=O)(=O)N(C)C)cc1NC(=O)CNCCOC. The van der Waals surface area contributed by atoms with Gasteiger partial charge < -0.3 is 20.1 Å². The van der Waals surface area contributed by atoms with Crippen LogP contribution in [0.4, 0.5) is 5.69 Å². The molecule has 0 heterocycles. The fraction of sp³-hybridized carbons (Fsp3) is 0.533. The van der Waals surface area contributed by atoms with Crippen LogP contribution in [0, 0.1) is 0 Å². The highest BCUT2D eigenvalue weighted by Crippen LogP contribution is 2.28. The Morgan fingerprint density at radius 1 is 1.29 bits per heavy atom. The molecular weight excluding hydrogens is 334 g/mol. The van der Waals surface area contributed by atoms with Gasteiger partial charge >= 0.3 is 0 Å². The molecule has 2 N–H and O–H groups in total. The van der Waals surface area contributed by atoms with Gasteiger partial charge in [-0.3, -0.25) is 4.79 Å². The van der Waals surface area contributed by atoms with Gasteiger partial charge in [0.1, 0.15) is 5.75 Å². The number of sulfonamides is 1. The Morgan fingerprint density at radius 3 is 2.58 bits per heavy atom. The molecule has 24 heavy (non-hydrogen) atoms. The summed E-state index contributed by atoms with van der Waals surface area (Å²) in [6.07, 6.45) is 0. The normalized spacial score (nSPS) is 11.5. The molecule has 136 valence electrons. The summed E-state index contributed by atoms with van der Waals surface area (Å²) in [4.78, 5) is 12.1. The Hall–Kier alpha value is -1.68. The van der Waals surface area contributed by atoms with Crippen LogP contribution in [0.5, 0.6) is 5.75 Å². The zero-order valence-corrected chi connectivity index (χ0v) is 15.3. The number of hydrogen-bond donors (Lipinski definition) is 2. The van der Waals surface area contributed by atoms with Crippen LogP contribution in [0.1, 0.15) is 6.92 Å². The average Bonchev–Trinajstić information content (AvgIpc) is 2.53. The summed E-state index contributed by atoms with van der Waals surface area (Å²) in [6.45, 7) is 3.32.